The van der Waals surface area contributed by atoms with E-state index in [9.17, 15) is 14.7 Å². The van der Waals surface area contributed by atoms with Gasteiger partial charge in [-0.3, -0.25) is 14.5 Å². The third kappa shape index (κ3) is 5.52. The van der Waals surface area contributed by atoms with E-state index in [1.54, 1.807) is 4.90 Å². The zero-order valence-corrected chi connectivity index (χ0v) is 28.0. The van der Waals surface area contributed by atoms with E-state index in [0.29, 0.717) is 55.4 Å². The summed E-state index contributed by atoms with van der Waals surface area (Å²) >= 11 is 13.3. The van der Waals surface area contributed by atoms with Gasteiger partial charge in [0.1, 0.15) is 11.4 Å². The zero-order chi connectivity index (χ0) is 32.9. The Bertz CT molecular complexity index is 2010. The molecule has 1 N–H and O–H groups in total. The molecule has 1 aliphatic heterocycles. The summed E-state index contributed by atoms with van der Waals surface area (Å²) in [6.07, 6.45) is 4.70. The first kappa shape index (κ1) is 31.6. The van der Waals surface area contributed by atoms with E-state index in [2.05, 4.69) is 14.6 Å². The summed E-state index contributed by atoms with van der Waals surface area (Å²) in [5.41, 5.74) is 8.39. The van der Waals surface area contributed by atoms with Crippen molar-refractivity contribution in [1.29, 1.82) is 0 Å². The lowest BCUT2D eigenvalue weighted by atomic mass is 9.98. The quantitative estimate of drug-likeness (QED) is 0.171. The number of amides is 1. The molecular formula is C35H35Cl2N5O4. The number of carboxylic acids is 1. The number of benzene rings is 2. The third-order valence-electron chi connectivity index (χ3n) is 8.78. The average Bonchev–Trinajstić information content (AvgIpc) is 3.39. The smallest absolute Gasteiger partial charge is 0.337 e. The molecule has 4 heterocycles. The van der Waals surface area contributed by atoms with Gasteiger partial charge in [0.05, 0.1) is 40.3 Å². The molecule has 6 rings (SSSR count). The number of fused-ring (bicyclic) bond motifs is 3. The van der Waals surface area contributed by atoms with Crippen LogP contribution in [0.4, 0.5) is 5.69 Å². The van der Waals surface area contributed by atoms with E-state index in [-0.39, 0.29) is 11.5 Å². The fourth-order valence-corrected chi connectivity index (χ4v) is 6.93. The van der Waals surface area contributed by atoms with Crippen LogP contribution in [0.15, 0.2) is 42.7 Å². The lowest BCUT2D eigenvalue weighted by Gasteiger charge is -2.21. The van der Waals surface area contributed by atoms with Crippen molar-refractivity contribution in [2.24, 2.45) is 7.05 Å². The van der Waals surface area contributed by atoms with Gasteiger partial charge in [-0.2, -0.15) is 5.10 Å². The van der Waals surface area contributed by atoms with Crippen molar-refractivity contribution >= 4 is 51.7 Å². The number of carboxylic acid groups (broad SMARTS) is 1. The highest BCUT2D eigenvalue weighted by atomic mass is 35.5. The lowest BCUT2D eigenvalue weighted by molar-refractivity contribution is 0.0696. The number of halogens is 2. The Hall–Kier alpha value is -4.34. The number of hydrogen-bond donors (Lipinski definition) is 1. The standard InChI is InChI=1S/C35H35Cl2N5O4/c1-19-14-25(15-20(2)31(19)37)46-13-6-8-26-27-9-10-28(36)30(29-21(3)39-40(5)22(29)4)32(27)42-12-7-11-41(34(43)33(26)42)24-16-23(35(44)45)17-38-18-24/h9-10,14-18H,6-8,11-13H2,1-5H3,(H,44,45). The molecule has 3 aromatic heterocycles. The van der Waals surface area contributed by atoms with Gasteiger partial charge in [-0.1, -0.05) is 29.3 Å². The van der Waals surface area contributed by atoms with Gasteiger partial charge in [-0.25, -0.2) is 4.79 Å². The number of hydrogen-bond acceptors (Lipinski definition) is 5. The molecule has 0 radical (unpaired) electrons. The Morgan fingerprint density at radius 3 is 2.43 bits per heavy atom. The van der Waals surface area contributed by atoms with E-state index in [1.165, 1.54) is 18.5 Å². The Morgan fingerprint density at radius 1 is 1.02 bits per heavy atom. The van der Waals surface area contributed by atoms with Crippen molar-refractivity contribution in [3.8, 4) is 16.9 Å². The number of carbonyl (C=O) groups is 2. The Morgan fingerprint density at radius 2 is 1.76 bits per heavy atom. The fraction of sp³-hybridized carbons (Fsp3) is 0.314. The molecule has 1 aliphatic rings. The molecule has 0 bridgehead atoms. The topological polar surface area (TPSA) is 102 Å². The van der Waals surface area contributed by atoms with E-state index in [1.807, 2.05) is 63.7 Å². The molecule has 9 nitrogen and oxygen atoms in total. The molecule has 0 aliphatic carbocycles. The molecule has 0 saturated heterocycles. The second-order valence-electron chi connectivity index (χ2n) is 11.8. The first-order valence-electron chi connectivity index (χ1n) is 15.2. The SMILES string of the molecule is Cc1cc(OCCCc2c3n(c4c(-c5c(C)nn(C)c5C)c(Cl)ccc24)CCCN(c2cncc(C(=O)O)c2)C3=O)cc(C)c1Cl. The Labute approximate surface area is 277 Å². The van der Waals surface area contributed by atoms with E-state index in [0.717, 1.165) is 60.9 Å². The highest BCUT2D eigenvalue weighted by molar-refractivity contribution is 6.35. The molecule has 0 fully saturated rings. The summed E-state index contributed by atoms with van der Waals surface area (Å²) in [5.74, 6) is -0.553. The van der Waals surface area contributed by atoms with Crippen molar-refractivity contribution in [2.45, 2.75) is 53.5 Å². The summed E-state index contributed by atoms with van der Waals surface area (Å²) in [6, 6.07) is 9.26. The van der Waals surface area contributed by atoms with Gasteiger partial charge in [0.15, 0.2) is 0 Å². The first-order valence-corrected chi connectivity index (χ1v) is 16.0. The number of rotatable bonds is 8. The summed E-state index contributed by atoms with van der Waals surface area (Å²) in [7, 11) is 1.91. The van der Waals surface area contributed by atoms with Crippen LogP contribution < -0.4 is 9.64 Å². The number of ether oxygens (including phenoxy) is 1. The molecule has 46 heavy (non-hydrogen) atoms. The maximum absolute atomic E-state index is 14.6. The molecule has 238 valence electrons. The van der Waals surface area contributed by atoms with Crippen LogP contribution in [0.25, 0.3) is 22.0 Å². The van der Waals surface area contributed by atoms with Crippen LogP contribution >= 0.6 is 23.2 Å². The van der Waals surface area contributed by atoms with Crippen LogP contribution in [-0.2, 0) is 20.0 Å². The minimum atomic E-state index is -1.10. The van der Waals surface area contributed by atoms with Crippen molar-refractivity contribution < 1.29 is 19.4 Å². The highest BCUT2D eigenvalue weighted by Crippen LogP contribution is 2.43. The highest BCUT2D eigenvalue weighted by Gasteiger charge is 2.32. The van der Waals surface area contributed by atoms with Crippen LogP contribution in [0, 0.1) is 27.7 Å². The van der Waals surface area contributed by atoms with Gasteiger partial charge in [0.2, 0.25) is 0 Å². The molecule has 2 aromatic carbocycles. The van der Waals surface area contributed by atoms with Crippen LogP contribution in [0.3, 0.4) is 0 Å². The predicted molar refractivity (Wildman–Crippen MR) is 181 cm³/mol. The van der Waals surface area contributed by atoms with E-state index in [4.69, 9.17) is 27.9 Å². The maximum Gasteiger partial charge on any atom is 0.337 e. The van der Waals surface area contributed by atoms with Gasteiger partial charge in [-0.05, 0) is 87.9 Å². The number of anilines is 1. The number of aryl methyl sites for hydroxylation is 6. The summed E-state index contributed by atoms with van der Waals surface area (Å²) < 4.78 is 10.1. The van der Waals surface area contributed by atoms with Crippen LogP contribution in [0.5, 0.6) is 5.75 Å². The van der Waals surface area contributed by atoms with Crippen LogP contribution in [0.2, 0.25) is 10.0 Å². The monoisotopic (exact) mass is 659 g/mol. The number of aromatic nitrogens is 4. The second-order valence-corrected chi connectivity index (χ2v) is 12.6. The molecule has 0 saturated carbocycles. The van der Waals surface area contributed by atoms with Crippen LogP contribution in [-0.4, -0.2) is 49.5 Å². The minimum absolute atomic E-state index is 0.0248. The van der Waals surface area contributed by atoms with Crippen molar-refractivity contribution in [3.05, 3.63) is 92.1 Å². The fourth-order valence-electron chi connectivity index (χ4n) is 6.57. The van der Waals surface area contributed by atoms with Gasteiger partial charge in [0.25, 0.3) is 5.91 Å². The number of nitrogens with zero attached hydrogens (tertiary/aromatic N) is 5. The number of aromatic carboxylic acids is 1. The van der Waals surface area contributed by atoms with E-state index >= 15 is 0 Å². The molecule has 0 atom stereocenters. The number of pyridine rings is 1. The Kier molecular flexibility index (Phi) is 8.56. The lowest BCUT2D eigenvalue weighted by Crippen LogP contribution is -2.32. The second kappa shape index (κ2) is 12.5. The maximum atomic E-state index is 14.6. The van der Waals surface area contributed by atoms with Gasteiger partial charge >= 0.3 is 5.97 Å². The zero-order valence-electron chi connectivity index (χ0n) is 26.4. The Balaban J connectivity index is 1.47. The predicted octanol–water partition coefficient (Wildman–Crippen LogP) is 7.74. The van der Waals surface area contributed by atoms with Crippen LogP contribution in [0.1, 0.15) is 61.8 Å². The molecule has 1 amide bonds. The average molecular weight is 661 g/mol. The van der Waals surface area contributed by atoms with E-state index < -0.39 is 5.97 Å². The van der Waals surface area contributed by atoms with Crippen molar-refractivity contribution in [2.75, 3.05) is 18.1 Å². The summed E-state index contributed by atoms with van der Waals surface area (Å²) in [5, 5.41) is 16.5. The van der Waals surface area contributed by atoms with Gasteiger partial charge < -0.3 is 19.3 Å². The minimum Gasteiger partial charge on any atom is -0.494 e. The molecule has 0 unspecified atom stereocenters. The summed E-state index contributed by atoms with van der Waals surface area (Å²) in [4.78, 5) is 32.1. The molecular weight excluding hydrogens is 625 g/mol. The molecule has 11 heteroatoms. The normalized spacial score (nSPS) is 13.3. The van der Waals surface area contributed by atoms with Crippen molar-refractivity contribution in [3.63, 3.8) is 0 Å². The number of carbonyl (C=O) groups excluding carboxylic acids is 1. The van der Waals surface area contributed by atoms with Gasteiger partial charge in [0, 0.05) is 53.6 Å². The van der Waals surface area contributed by atoms with Gasteiger partial charge in [-0.15, -0.1) is 0 Å². The van der Waals surface area contributed by atoms with Crippen molar-refractivity contribution in [1.82, 2.24) is 19.3 Å². The first-order chi connectivity index (χ1) is 22.0. The molecule has 0 spiro atoms. The third-order valence-corrected chi connectivity index (χ3v) is 9.69. The summed E-state index contributed by atoms with van der Waals surface area (Å²) in [6.45, 7) is 9.33. The largest absolute Gasteiger partial charge is 0.494 e. The molecule has 5 aromatic rings.